The van der Waals surface area contributed by atoms with Crippen LogP contribution in [0.4, 0.5) is 5.13 Å². The molecule has 0 aliphatic rings. The molecule has 0 radical (unpaired) electrons. The molecule has 1 aromatic heterocycles. The minimum Gasteiger partial charge on any atom is -0.375 e. The number of aryl methyl sites for hydroxylation is 2. The van der Waals surface area contributed by atoms with Crippen LogP contribution in [0.3, 0.4) is 0 Å². The monoisotopic (exact) mass is 274 g/mol. The lowest BCUT2D eigenvalue weighted by Crippen LogP contribution is -1.97. The van der Waals surface area contributed by atoms with Crippen LogP contribution in [0.2, 0.25) is 0 Å². The van der Waals surface area contributed by atoms with E-state index in [1.165, 1.54) is 28.1 Å². The van der Waals surface area contributed by atoms with Crippen LogP contribution in [-0.2, 0) is 19.3 Å². The van der Waals surface area contributed by atoms with Gasteiger partial charge in [-0.25, -0.2) is 4.98 Å². The average molecular weight is 274 g/mol. The van der Waals surface area contributed by atoms with Crippen molar-refractivity contribution in [2.75, 3.05) is 5.73 Å². The number of nitrogens with zero attached hydrogens (tertiary/aromatic N) is 1. The van der Waals surface area contributed by atoms with Crippen molar-refractivity contribution in [3.63, 3.8) is 0 Å². The number of hydrogen-bond acceptors (Lipinski definition) is 3. The van der Waals surface area contributed by atoms with Gasteiger partial charge in [-0.1, -0.05) is 51.0 Å². The van der Waals surface area contributed by atoms with Gasteiger partial charge < -0.3 is 5.73 Å². The Morgan fingerprint density at radius 2 is 1.74 bits per heavy atom. The lowest BCUT2D eigenvalue weighted by atomic mass is 9.99. The van der Waals surface area contributed by atoms with Crippen LogP contribution in [0.1, 0.15) is 48.4 Å². The summed E-state index contributed by atoms with van der Waals surface area (Å²) in [4.78, 5) is 5.80. The highest BCUT2D eigenvalue weighted by Crippen LogP contribution is 2.26. The minimum atomic E-state index is 0.700. The third kappa shape index (κ3) is 3.57. The maximum absolute atomic E-state index is 5.87. The molecule has 3 heteroatoms. The van der Waals surface area contributed by atoms with Gasteiger partial charge >= 0.3 is 0 Å². The van der Waals surface area contributed by atoms with Crippen LogP contribution in [0, 0.1) is 0 Å². The van der Waals surface area contributed by atoms with Crippen molar-refractivity contribution >= 4 is 16.5 Å². The maximum Gasteiger partial charge on any atom is 0.180 e. The Bertz CT molecular complexity index is 531. The molecule has 1 aromatic carbocycles. The van der Waals surface area contributed by atoms with Crippen molar-refractivity contribution in [3.05, 3.63) is 46.0 Å². The summed E-state index contributed by atoms with van der Waals surface area (Å²) in [5.74, 6) is 0. The van der Waals surface area contributed by atoms with Crippen molar-refractivity contribution in [3.8, 4) is 0 Å². The standard InChI is InChI=1S/C16H22N2S/c1-3-7-12-9-5-6-10-13(12)11-15-14(8-4-2)18-16(17)19-15/h5-6,9-10H,3-4,7-8,11H2,1-2H3,(H2,17,18). The number of aromatic nitrogens is 1. The Morgan fingerprint density at radius 3 is 2.42 bits per heavy atom. The van der Waals surface area contributed by atoms with Crippen LogP contribution in [0.15, 0.2) is 24.3 Å². The van der Waals surface area contributed by atoms with Crippen molar-refractivity contribution in [2.24, 2.45) is 0 Å². The number of hydrogen-bond donors (Lipinski definition) is 1. The van der Waals surface area contributed by atoms with E-state index in [0.717, 1.165) is 25.7 Å². The third-order valence-electron chi connectivity index (χ3n) is 3.27. The van der Waals surface area contributed by atoms with Crippen LogP contribution < -0.4 is 5.73 Å². The van der Waals surface area contributed by atoms with Gasteiger partial charge in [0.2, 0.25) is 0 Å². The normalized spacial score (nSPS) is 10.8. The molecule has 2 nitrogen and oxygen atoms in total. The molecule has 1 heterocycles. The highest BCUT2D eigenvalue weighted by atomic mass is 32.1. The molecule has 0 unspecified atom stereocenters. The topological polar surface area (TPSA) is 38.9 Å². The predicted molar refractivity (Wildman–Crippen MR) is 83.8 cm³/mol. The quantitative estimate of drug-likeness (QED) is 0.856. The molecule has 0 saturated carbocycles. The lowest BCUT2D eigenvalue weighted by Gasteiger charge is -2.08. The van der Waals surface area contributed by atoms with Crippen LogP contribution in [-0.4, -0.2) is 4.98 Å². The first-order valence-corrected chi connectivity index (χ1v) is 7.87. The summed E-state index contributed by atoms with van der Waals surface area (Å²) in [6.45, 7) is 4.41. The van der Waals surface area contributed by atoms with E-state index in [0.29, 0.717) is 5.13 Å². The molecular weight excluding hydrogens is 252 g/mol. The molecule has 2 rings (SSSR count). The number of anilines is 1. The van der Waals surface area contributed by atoms with Crippen molar-refractivity contribution < 1.29 is 0 Å². The first kappa shape index (κ1) is 14.1. The summed E-state index contributed by atoms with van der Waals surface area (Å²) >= 11 is 1.64. The number of nitrogens with two attached hydrogens (primary N) is 1. The van der Waals surface area contributed by atoms with E-state index in [4.69, 9.17) is 5.73 Å². The second-order valence-corrected chi connectivity index (χ2v) is 5.98. The SMILES string of the molecule is CCCc1ccccc1Cc1sc(N)nc1CCC. The van der Waals surface area contributed by atoms with Gasteiger partial charge in [-0.2, -0.15) is 0 Å². The number of benzene rings is 1. The number of thiazole rings is 1. The predicted octanol–water partition coefficient (Wildman–Crippen LogP) is 4.22. The van der Waals surface area contributed by atoms with E-state index >= 15 is 0 Å². The minimum absolute atomic E-state index is 0.700. The van der Waals surface area contributed by atoms with Gasteiger partial charge in [0.1, 0.15) is 0 Å². The van der Waals surface area contributed by atoms with Crippen molar-refractivity contribution in [1.82, 2.24) is 4.98 Å². The molecule has 2 aromatic rings. The summed E-state index contributed by atoms with van der Waals surface area (Å²) in [5.41, 5.74) is 9.94. The summed E-state index contributed by atoms with van der Waals surface area (Å²) < 4.78 is 0. The van der Waals surface area contributed by atoms with E-state index < -0.39 is 0 Å². The fourth-order valence-electron chi connectivity index (χ4n) is 2.39. The molecule has 0 aliphatic heterocycles. The number of rotatable bonds is 6. The Kier molecular flexibility index (Phi) is 4.97. The first-order valence-electron chi connectivity index (χ1n) is 7.05. The summed E-state index contributed by atoms with van der Waals surface area (Å²) in [5, 5.41) is 0.700. The molecule has 2 N–H and O–H groups in total. The van der Waals surface area contributed by atoms with Gasteiger partial charge in [0, 0.05) is 11.3 Å². The van der Waals surface area contributed by atoms with E-state index in [2.05, 4.69) is 43.1 Å². The third-order valence-corrected chi connectivity index (χ3v) is 4.20. The highest BCUT2D eigenvalue weighted by molar-refractivity contribution is 7.15. The number of nitrogen functional groups attached to an aromatic ring is 1. The molecule has 19 heavy (non-hydrogen) atoms. The molecule has 0 amide bonds. The van der Waals surface area contributed by atoms with E-state index in [1.54, 1.807) is 11.3 Å². The van der Waals surface area contributed by atoms with Gasteiger partial charge in [0.15, 0.2) is 5.13 Å². The largest absolute Gasteiger partial charge is 0.375 e. The Balaban J connectivity index is 2.25. The summed E-state index contributed by atoms with van der Waals surface area (Å²) in [6, 6.07) is 8.72. The smallest absolute Gasteiger partial charge is 0.180 e. The molecule has 0 fully saturated rings. The molecule has 0 aliphatic carbocycles. The van der Waals surface area contributed by atoms with Crippen molar-refractivity contribution in [2.45, 2.75) is 46.0 Å². The fourth-order valence-corrected chi connectivity index (χ4v) is 3.29. The fraction of sp³-hybridized carbons (Fsp3) is 0.438. The van der Waals surface area contributed by atoms with Crippen LogP contribution in [0.25, 0.3) is 0 Å². The van der Waals surface area contributed by atoms with E-state index in [1.807, 2.05) is 0 Å². The zero-order valence-corrected chi connectivity index (χ0v) is 12.6. The van der Waals surface area contributed by atoms with E-state index in [9.17, 15) is 0 Å². The molecule has 0 atom stereocenters. The second-order valence-electron chi connectivity index (χ2n) is 4.87. The Labute approximate surface area is 119 Å². The molecular formula is C16H22N2S. The van der Waals surface area contributed by atoms with Gasteiger partial charge in [0.25, 0.3) is 0 Å². The van der Waals surface area contributed by atoms with Crippen molar-refractivity contribution in [1.29, 1.82) is 0 Å². The van der Waals surface area contributed by atoms with Gasteiger partial charge in [-0.05, 0) is 24.0 Å². The van der Waals surface area contributed by atoms with Gasteiger partial charge in [-0.15, -0.1) is 11.3 Å². The van der Waals surface area contributed by atoms with Gasteiger partial charge in [-0.3, -0.25) is 0 Å². The summed E-state index contributed by atoms with van der Waals surface area (Å²) in [6.07, 6.45) is 5.45. The highest BCUT2D eigenvalue weighted by Gasteiger charge is 2.11. The van der Waals surface area contributed by atoms with Crippen LogP contribution in [0.5, 0.6) is 0 Å². The van der Waals surface area contributed by atoms with E-state index in [-0.39, 0.29) is 0 Å². The maximum atomic E-state index is 5.87. The van der Waals surface area contributed by atoms with Crippen LogP contribution >= 0.6 is 11.3 Å². The zero-order valence-electron chi connectivity index (χ0n) is 11.8. The lowest BCUT2D eigenvalue weighted by molar-refractivity contribution is 0.873. The average Bonchev–Trinajstić information content (AvgIpc) is 2.73. The second kappa shape index (κ2) is 6.71. The molecule has 102 valence electrons. The molecule has 0 saturated heterocycles. The summed E-state index contributed by atoms with van der Waals surface area (Å²) in [7, 11) is 0. The molecule has 0 bridgehead atoms. The Hall–Kier alpha value is -1.35. The Morgan fingerprint density at radius 1 is 1.05 bits per heavy atom. The molecule has 0 spiro atoms. The zero-order chi connectivity index (χ0) is 13.7. The van der Waals surface area contributed by atoms with Gasteiger partial charge in [0.05, 0.1) is 5.69 Å². The first-order chi connectivity index (χ1) is 9.24.